The molecule has 0 N–H and O–H groups in total. The highest BCUT2D eigenvalue weighted by Crippen LogP contribution is 2.17. The van der Waals surface area contributed by atoms with Gasteiger partial charge in [-0.25, -0.2) is 13.2 Å². The molecular formula is C11H11F3O. The maximum atomic E-state index is 13.1. The number of rotatable bonds is 3. The molecule has 0 aromatic heterocycles. The number of hydrogen-bond acceptors (Lipinski definition) is 1. The molecule has 0 aliphatic heterocycles. The van der Waals surface area contributed by atoms with Crippen molar-refractivity contribution >= 4 is 5.78 Å². The molecule has 0 amide bonds. The summed E-state index contributed by atoms with van der Waals surface area (Å²) in [7, 11) is 0. The van der Waals surface area contributed by atoms with Crippen LogP contribution >= 0.6 is 0 Å². The molecule has 0 fully saturated rings. The average Bonchev–Trinajstić information content (AvgIpc) is 2.13. The minimum absolute atomic E-state index is 0.0246. The molecule has 0 aliphatic rings. The minimum Gasteiger partial charge on any atom is -0.300 e. The fourth-order valence-electron chi connectivity index (χ4n) is 1.19. The normalized spacial score (nSPS) is 12.6. The van der Waals surface area contributed by atoms with Gasteiger partial charge < -0.3 is 0 Å². The van der Waals surface area contributed by atoms with Gasteiger partial charge >= 0.3 is 0 Å². The first-order valence-electron chi connectivity index (χ1n) is 4.55. The number of carbonyl (C=O) groups excluding carboxylic acids is 1. The quantitative estimate of drug-likeness (QED) is 0.710. The zero-order valence-corrected chi connectivity index (χ0v) is 8.48. The molecule has 0 spiro atoms. The van der Waals surface area contributed by atoms with Crippen LogP contribution in [0.15, 0.2) is 12.1 Å². The Morgan fingerprint density at radius 1 is 1.20 bits per heavy atom. The van der Waals surface area contributed by atoms with E-state index in [0.717, 1.165) is 6.07 Å². The van der Waals surface area contributed by atoms with E-state index >= 15 is 0 Å². The highest BCUT2D eigenvalue weighted by Gasteiger charge is 2.14. The van der Waals surface area contributed by atoms with Crippen molar-refractivity contribution < 1.29 is 18.0 Å². The third-order valence-electron chi connectivity index (χ3n) is 2.31. The van der Waals surface area contributed by atoms with E-state index < -0.39 is 23.4 Å². The molecule has 82 valence electrons. The molecule has 15 heavy (non-hydrogen) atoms. The Labute approximate surface area is 85.9 Å². The largest absolute Gasteiger partial charge is 0.300 e. The van der Waals surface area contributed by atoms with E-state index in [1.54, 1.807) is 6.92 Å². The Morgan fingerprint density at radius 2 is 1.73 bits per heavy atom. The summed E-state index contributed by atoms with van der Waals surface area (Å²) < 4.78 is 38.5. The second-order valence-electron chi connectivity index (χ2n) is 3.57. The highest BCUT2D eigenvalue weighted by molar-refractivity contribution is 5.78. The van der Waals surface area contributed by atoms with Gasteiger partial charge in [-0.3, -0.25) is 4.79 Å². The molecule has 0 heterocycles. The van der Waals surface area contributed by atoms with E-state index in [9.17, 15) is 18.0 Å². The van der Waals surface area contributed by atoms with Gasteiger partial charge in [0.2, 0.25) is 0 Å². The molecular weight excluding hydrogens is 205 g/mol. The molecule has 4 heteroatoms. The molecule has 0 aliphatic carbocycles. The summed E-state index contributed by atoms with van der Waals surface area (Å²) in [6.07, 6.45) is 0.0817. The SMILES string of the molecule is CC(=O)[C@@H](C)Cc1cc(F)c(F)cc1F. The summed E-state index contributed by atoms with van der Waals surface area (Å²) in [6.45, 7) is 2.99. The maximum absolute atomic E-state index is 13.1. The Kier molecular flexibility index (Phi) is 3.50. The van der Waals surface area contributed by atoms with Crippen LogP contribution in [0.25, 0.3) is 0 Å². The van der Waals surface area contributed by atoms with Gasteiger partial charge in [0.15, 0.2) is 11.6 Å². The van der Waals surface area contributed by atoms with Crippen LogP contribution in [0.3, 0.4) is 0 Å². The van der Waals surface area contributed by atoms with Gasteiger partial charge in [0.05, 0.1) is 0 Å². The molecule has 1 aromatic carbocycles. The van der Waals surface area contributed by atoms with Crippen LogP contribution < -0.4 is 0 Å². The number of halogens is 3. The van der Waals surface area contributed by atoms with Gasteiger partial charge in [0.25, 0.3) is 0 Å². The topological polar surface area (TPSA) is 17.1 Å². The lowest BCUT2D eigenvalue weighted by Gasteiger charge is -2.08. The lowest BCUT2D eigenvalue weighted by Crippen LogP contribution is -2.11. The number of Topliss-reactive ketones (excluding diaryl/α,β-unsaturated/α-hetero) is 1. The van der Waals surface area contributed by atoms with Crippen LogP contribution in [0, 0.1) is 23.4 Å². The highest BCUT2D eigenvalue weighted by atomic mass is 19.2. The van der Waals surface area contributed by atoms with E-state index in [2.05, 4.69) is 0 Å². The summed E-state index contributed by atoms with van der Waals surface area (Å²) in [5.74, 6) is -3.64. The fraction of sp³-hybridized carbons (Fsp3) is 0.364. The van der Waals surface area contributed by atoms with E-state index in [0.29, 0.717) is 6.07 Å². The first-order chi connectivity index (χ1) is 6.91. The summed E-state index contributed by atoms with van der Waals surface area (Å²) in [6, 6.07) is 1.29. The van der Waals surface area contributed by atoms with Crippen molar-refractivity contribution in [2.24, 2.45) is 5.92 Å². The molecule has 1 aromatic rings. The first-order valence-corrected chi connectivity index (χ1v) is 4.55. The van der Waals surface area contributed by atoms with Crippen molar-refractivity contribution in [2.45, 2.75) is 20.3 Å². The summed E-state index contributed by atoms with van der Waals surface area (Å²) in [4.78, 5) is 10.9. The lowest BCUT2D eigenvalue weighted by atomic mass is 9.97. The monoisotopic (exact) mass is 216 g/mol. The number of carbonyl (C=O) groups is 1. The van der Waals surface area contributed by atoms with Crippen LogP contribution in [0.4, 0.5) is 13.2 Å². The second kappa shape index (κ2) is 4.47. The maximum Gasteiger partial charge on any atom is 0.161 e. The molecule has 1 atom stereocenters. The summed E-state index contributed by atoms with van der Waals surface area (Å²) in [5.41, 5.74) is 0.0246. The molecule has 0 saturated heterocycles. The van der Waals surface area contributed by atoms with E-state index in [4.69, 9.17) is 0 Å². The van der Waals surface area contributed by atoms with Crippen molar-refractivity contribution in [3.05, 3.63) is 35.1 Å². The number of hydrogen-bond donors (Lipinski definition) is 0. The van der Waals surface area contributed by atoms with Gasteiger partial charge in [0, 0.05) is 12.0 Å². The smallest absolute Gasteiger partial charge is 0.161 e. The molecule has 0 saturated carbocycles. The predicted molar refractivity (Wildman–Crippen MR) is 49.9 cm³/mol. The van der Waals surface area contributed by atoms with Crippen molar-refractivity contribution in [3.63, 3.8) is 0 Å². The van der Waals surface area contributed by atoms with Crippen molar-refractivity contribution in [3.8, 4) is 0 Å². The zero-order valence-electron chi connectivity index (χ0n) is 8.48. The standard InChI is InChI=1S/C11H11F3O/c1-6(7(2)15)3-8-4-10(13)11(14)5-9(8)12/h4-6H,3H2,1-2H3/t6-/m0/s1. The second-order valence-corrected chi connectivity index (χ2v) is 3.57. The minimum atomic E-state index is -1.22. The van der Waals surface area contributed by atoms with Crippen molar-refractivity contribution in [2.75, 3.05) is 0 Å². The predicted octanol–water partition coefficient (Wildman–Crippen LogP) is 2.87. The van der Waals surface area contributed by atoms with Gasteiger partial charge in [-0.1, -0.05) is 6.92 Å². The Balaban J connectivity index is 2.95. The Bertz CT molecular complexity index is 388. The third-order valence-corrected chi connectivity index (χ3v) is 2.31. The Morgan fingerprint density at radius 3 is 2.27 bits per heavy atom. The van der Waals surface area contributed by atoms with E-state index in [1.807, 2.05) is 0 Å². The van der Waals surface area contributed by atoms with Crippen molar-refractivity contribution in [1.29, 1.82) is 0 Å². The number of benzene rings is 1. The van der Waals surface area contributed by atoms with Crippen LogP contribution in [-0.4, -0.2) is 5.78 Å². The first kappa shape index (κ1) is 11.8. The molecule has 0 unspecified atom stereocenters. The average molecular weight is 216 g/mol. The van der Waals surface area contributed by atoms with Crippen LogP contribution in [0.1, 0.15) is 19.4 Å². The van der Waals surface area contributed by atoms with Gasteiger partial charge in [0.1, 0.15) is 11.6 Å². The molecule has 1 rings (SSSR count). The van der Waals surface area contributed by atoms with E-state index in [1.165, 1.54) is 6.92 Å². The zero-order chi connectivity index (χ0) is 11.6. The van der Waals surface area contributed by atoms with Crippen LogP contribution in [0.2, 0.25) is 0 Å². The molecule has 0 radical (unpaired) electrons. The number of ketones is 1. The summed E-state index contributed by atoms with van der Waals surface area (Å²) in [5, 5.41) is 0. The van der Waals surface area contributed by atoms with Crippen LogP contribution in [-0.2, 0) is 11.2 Å². The molecule has 1 nitrogen and oxygen atoms in total. The fourth-order valence-corrected chi connectivity index (χ4v) is 1.19. The van der Waals surface area contributed by atoms with Gasteiger partial charge in [-0.2, -0.15) is 0 Å². The van der Waals surface area contributed by atoms with E-state index in [-0.39, 0.29) is 17.8 Å². The van der Waals surface area contributed by atoms with Gasteiger partial charge in [-0.15, -0.1) is 0 Å². The molecule has 0 bridgehead atoms. The summed E-state index contributed by atoms with van der Waals surface area (Å²) >= 11 is 0. The Hall–Kier alpha value is -1.32. The van der Waals surface area contributed by atoms with Crippen LogP contribution in [0.5, 0.6) is 0 Å². The van der Waals surface area contributed by atoms with Gasteiger partial charge in [-0.05, 0) is 25.0 Å². The third kappa shape index (κ3) is 2.81. The van der Waals surface area contributed by atoms with Crippen molar-refractivity contribution in [1.82, 2.24) is 0 Å². The lowest BCUT2D eigenvalue weighted by molar-refractivity contribution is -0.120.